The number of hydrogen-bond acceptors (Lipinski definition) is 14. The number of likely N-dealkylation sites (N-methyl/N-ethyl adjacent to an activating group) is 1. The number of nitrogens with zero attached hydrogens (tertiary/aromatic N) is 3. The summed E-state index contributed by atoms with van der Waals surface area (Å²) in [4.78, 5) is 69.8. The van der Waals surface area contributed by atoms with Crippen LogP contribution in [0.1, 0.15) is 85.1 Å². The number of fused-ring (bicyclic) bond motifs is 5. The van der Waals surface area contributed by atoms with Gasteiger partial charge in [-0.3, -0.25) is 24.3 Å². The van der Waals surface area contributed by atoms with Crippen molar-refractivity contribution < 1.29 is 63.0 Å². The van der Waals surface area contributed by atoms with Gasteiger partial charge in [0.05, 0.1) is 30.2 Å². The largest absolute Gasteiger partial charge is 0.495 e. The third kappa shape index (κ3) is 11.6. The van der Waals surface area contributed by atoms with Crippen molar-refractivity contribution >= 4 is 58.7 Å². The number of allylic oxidation sites excluding steroid dienone is 3. The van der Waals surface area contributed by atoms with Gasteiger partial charge in [-0.2, -0.15) is 0 Å². The van der Waals surface area contributed by atoms with Crippen molar-refractivity contribution in [3.8, 4) is 17.5 Å². The molecule has 2 saturated heterocycles. The van der Waals surface area contributed by atoms with E-state index in [0.717, 1.165) is 36.8 Å². The zero-order chi connectivity index (χ0) is 49.1. The van der Waals surface area contributed by atoms with Crippen LogP contribution in [0, 0.1) is 17.8 Å². The molecule has 4 heterocycles. The highest BCUT2D eigenvalue weighted by molar-refractivity contribution is 7.99. The van der Waals surface area contributed by atoms with Gasteiger partial charge in [0.2, 0.25) is 17.7 Å². The minimum absolute atomic E-state index is 0.0218. The van der Waals surface area contributed by atoms with Gasteiger partial charge in [0.15, 0.2) is 11.6 Å². The summed E-state index contributed by atoms with van der Waals surface area (Å²) in [5, 5.41) is 36.2. The van der Waals surface area contributed by atoms with Crippen molar-refractivity contribution in [2.24, 2.45) is 17.8 Å². The molecule has 3 amide bonds. The second kappa shape index (κ2) is 21.3. The highest BCUT2D eigenvalue weighted by atomic mass is 35.5. The molecule has 19 heteroatoms. The summed E-state index contributed by atoms with van der Waals surface area (Å²) in [6, 6.07) is 3.91. The molecular weight excluding hydrogens is 908 g/mol. The Morgan fingerprint density at radius 3 is 2.48 bits per heavy atom. The molecule has 17 nitrogen and oxygen atoms in total. The lowest BCUT2D eigenvalue weighted by molar-refractivity contribution is -0.162. The number of amides is 3. The minimum Gasteiger partial charge on any atom is -0.495 e. The van der Waals surface area contributed by atoms with Crippen LogP contribution in [-0.4, -0.2) is 130 Å². The van der Waals surface area contributed by atoms with E-state index in [1.807, 2.05) is 13.0 Å². The first-order chi connectivity index (χ1) is 31.6. The Bertz CT molecular complexity index is 2260. The number of aromatic nitrogens is 1. The number of Topliss-reactive ketones (excluding diaryl/α,β-unsaturated/α-hetero) is 1. The summed E-state index contributed by atoms with van der Waals surface area (Å²) in [6.07, 6.45) is 3.71. The molecule has 4 bridgehead atoms. The summed E-state index contributed by atoms with van der Waals surface area (Å²) in [6.45, 7) is 8.92. The average molecular weight is 974 g/mol. The van der Waals surface area contributed by atoms with E-state index in [1.54, 1.807) is 52.1 Å². The average Bonchev–Trinajstić information content (AvgIpc) is 3.91. The molecule has 3 fully saturated rings. The smallest absolute Gasteiger partial charge is 0.409 e. The zero-order valence-corrected chi connectivity index (χ0v) is 41.3. The SMILES string of the molecule is COc1cc2cc(c1Cl)N(C)C(=O)CC(OC(=O)C(C)N(C)C(=O)CCSc1cc(O)n(CC3CCC(C(C)=O)CC3)c1O)C1(C)OC1C(C)C1CC(O)(NC(=O)O1)C(OC)C=CC=C(C)C2. The molecular formula is C48H65ClN4O13S. The molecule has 4 aliphatic rings. The maximum atomic E-state index is 14.3. The van der Waals surface area contributed by atoms with Crippen LogP contribution in [0.2, 0.25) is 5.02 Å². The van der Waals surface area contributed by atoms with Gasteiger partial charge >= 0.3 is 12.1 Å². The number of benzene rings is 1. The quantitative estimate of drug-likeness (QED) is 0.104. The molecule has 0 spiro atoms. The monoisotopic (exact) mass is 972 g/mol. The van der Waals surface area contributed by atoms with Gasteiger partial charge in [0.1, 0.15) is 46.5 Å². The van der Waals surface area contributed by atoms with Crippen molar-refractivity contribution in [3.63, 3.8) is 0 Å². The third-order valence-corrected chi connectivity index (χ3v) is 15.4. The molecule has 1 aromatic heterocycles. The Kier molecular flexibility index (Phi) is 16.4. The molecule has 0 radical (unpaired) electrons. The first kappa shape index (κ1) is 51.6. The number of aliphatic hydroxyl groups is 1. The summed E-state index contributed by atoms with van der Waals surface area (Å²) in [7, 11) is 5.92. The lowest BCUT2D eigenvalue weighted by atomic mass is 9.80. The van der Waals surface area contributed by atoms with Crippen molar-refractivity contribution in [2.75, 3.05) is 39.0 Å². The fourth-order valence-corrected chi connectivity index (χ4v) is 10.7. The highest BCUT2D eigenvalue weighted by Crippen LogP contribution is 2.49. The molecule has 3 aliphatic heterocycles. The number of ether oxygens (including phenoxy) is 5. The molecule has 1 aromatic carbocycles. The molecule has 8 unspecified atom stereocenters. The minimum atomic E-state index is -1.87. The predicted octanol–water partition coefficient (Wildman–Crippen LogP) is 6.31. The number of epoxide rings is 1. The van der Waals surface area contributed by atoms with E-state index in [9.17, 15) is 39.3 Å². The number of nitrogens with one attached hydrogen (secondary N) is 1. The predicted molar refractivity (Wildman–Crippen MR) is 250 cm³/mol. The number of rotatable bonds is 12. The van der Waals surface area contributed by atoms with Crippen LogP contribution in [-0.2, 0) is 51.1 Å². The van der Waals surface area contributed by atoms with Gasteiger partial charge in [-0.1, -0.05) is 42.3 Å². The molecule has 368 valence electrons. The number of aromatic hydroxyl groups is 2. The number of thioether (sulfide) groups is 1. The number of esters is 1. The van der Waals surface area contributed by atoms with E-state index < -0.39 is 71.6 Å². The van der Waals surface area contributed by atoms with Gasteiger partial charge in [0, 0.05) is 64.2 Å². The van der Waals surface area contributed by atoms with Gasteiger partial charge in [-0.05, 0) is 83.4 Å². The van der Waals surface area contributed by atoms with E-state index in [1.165, 1.54) is 60.4 Å². The third-order valence-electron chi connectivity index (χ3n) is 14.0. The van der Waals surface area contributed by atoms with Crippen molar-refractivity contribution in [2.45, 2.75) is 139 Å². The fourth-order valence-electron chi connectivity index (χ4n) is 9.44. The van der Waals surface area contributed by atoms with E-state index in [0.29, 0.717) is 29.3 Å². The molecule has 8 atom stereocenters. The van der Waals surface area contributed by atoms with Gasteiger partial charge < -0.3 is 48.8 Å². The maximum absolute atomic E-state index is 14.3. The summed E-state index contributed by atoms with van der Waals surface area (Å²) >= 11 is 8.00. The number of carbonyl (C=O) groups excluding carboxylic acids is 5. The topological polar surface area (TPSA) is 219 Å². The molecule has 1 saturated carbocycles. The van der Waals surface area contributed by atoms with E-state index in [2.05, 4.69) is 5.32 Å². The Morgan fingerprint density at radius 2 is 1.82 bits per heavy atom. The Balaban J connectivity index is 1.18. The van der Waals surface area contributed by atoms with E-state index in [-0.39, 0.29) is 59.4 Å². The van der Waals surface area contributed by atoms with Crippen molar-refractivity contribution in [3.05, 3.63) is 52.6 Å². The first-order valence-corrected chi connectivity index (χ1v) is 24.1. The van der Waals surface area contributed by atoms with Crippen molar-refractivity contribution in [1.82, 2.24) is 14.8 Å². The summed E-state index contributed by atoms with van der Waals surface area (Å²) in [5.74, 6) is -1.41. The lowest BCUT2D eigenvalue weighted by Crippen LogP contribution is -2.63. The molecule has 1 aliphatic carbocycles. The highest BCUT2D eigenvalue weighted by Gasteiger charge is 2.64. The van der Waals surface area contributed by atoms with Gasteiger partial charge in [-0.25, -0.2) is 9.59 Å². The summed E-state index contributed by atoms with van der Waals surface area (Å²) in [5.41, 5.74) is -1.11. The number of anilines is 1. The number of methoxy groups -OCH3 is 2. The number of halogens is 1. The van der Waals surface area contributed by atoms with E-state index >= 15 is 0 Å². The number of carbonyl (C=O) groups is 5. The van der Waals surface area contributed by atoms with Crippen LogP contribution in [0.4, 0.5) is 10.5 Å². The van der Waals surface area contributed by atoms with Crippen molar-refractivity contribution in [1.29, 1.82) is 0 Å². The molecule has 67 heavy (non-hydrogen) atoms. The van der Waals surface area contributed by atoms with Gasteiger partial charge in [-0.15, -0.1) is 11.8 Å². The normalized spacial score (nSPS) is 29.4. The standard InChI is InChI=1S/C48H65ClN4O13S/c1-26-11-10-12-37(63-9)48(61)24-35(64-46(60)50-48)27(2)43-47(5,66-43)38(23-40(56)52(7)33-20-31(19-26)21-34(62-8)42(33)49)65-45(59)28(3)51(6)39(55)17-18-67-36-22-41(57)53(44(36)58)25-30-13-15-32(16-14-30)29(4)54/h10-12,20-22,27-28,30,32,35,37-38,43,57-58,61H,13-19,23-25H2,1-9H3,(H,50,60). The Labute approximate surface area is 401 Å². The van der Waals surface area contributed by atoms with Crippen LogP contribution >= 0.6 is 23.4 Å². The van der Waals surface area contributed by atoms with Crippen LogP contribution in [0.15, 0.2) is 46.9 Å². The Morgan fingerprint density at radius 1 is 1.12 bits per heavy atom. The molecule has 4 N–H and O–H groups in total. The van der Waals surface area contributed by atoms with Crippen LogP contribution in [0.25, 0.3) is 0 Å². The Hall–Kier alpha value is -4.75. The van der Waals surface area contributed by atoms with Crippen LogP contribution in [0.3, 0.4) is 0 Å². The number of ketones is 1. The molecule has 2 aromatic rings. The maximum Gasteiger partial charge on any atom is 0.409 e. The van der Waals surface area contributed by atoms with Crippen LogP contribution in [0.5, 0.6) is 17.5 Å². The second-order valence-corrected chi connectivity index (χ2v) is 20.1. The zero-order valence-electron chi connectivity index (χ0n) is 39.7. The lowest BCUT2D eigenvalue weighted by Gasteiger charge is -2.42. The summed E-state index contributed by atoms with van der Waals surface area (Å²) < 4.78 is 30.9. The van der Waals surface area contributed by atoms with Gasteiger partial charge in [0.25, 0.3) is 0 Å². The van der Waals surface area contributed by atoms with Crippen LogP contribution < -0.4 is 15.0 Å². The molecule has 6 rings (SSSR count). The number of alkyl carbamates (subject to hydrolysis) is 1. The second-order valence-electron chi connectivity index (χ2n) is 18.6. The fraction of sp³-hybridized carbons (Fsp3) is 0.604. The first-order valence-electron chi connectivity index (χ1n) is 22.7. The van der Waals surface area contributed by atoms with E-state index in [4.69, 9.17) is 35.3 Å². The number of hydrogen-bond donors (Lipinski definition) is 4.